The number of amides is 2. The summed E-state index contributed by atoms with van der Waals surface area (Å²) in [7, 11) is 0. The van der Waals surface area contributed by atoms with Crippen molar-refractivity contribution in [3.63, 3.8) is 0 Å². The predicted octanol–water partition coefficient (Wildman–Crippen LogP) is 13.1. The number of nitrogens with zero attached hydrogens (tertiary/aromatic N) is 6. The molecule has 0 atom stereocenters. The molecule has 0 saturated heterocycles. The van der Waals surface area contributed by atoms with Gasteiger partial charge in [-0.1, -0.05) is 122 Å². The van der Waals surface area contributed by atoms with E-state index in [0.29, 0.717) is 45.4 Å². The van der Waals surface area contributed by atoms with Gasteiger partial charge in [-0.15, -0.1) is 4.98 Å². The maximum Gasteiger partial charge on any atom is 0.270 e. The first-order valence-electron chi connectivity index (χ1n) is 20.7. The number of pyridine rings is 2. The van der Waals surface area contributed by atoms with Gasteiger partial charge in [0.2, 0.25) is 0 Å². The zero-order chi connectivity index (χ0) is 43.3. The monoisotopic (exact) mass is 820 g/mol. The summed E-state index contributed by atoms with van der Waals surface area (Å²) in [6.07, 6.45) is 0. The number of benzene rings is 7. The molecule has 0 radical (unpaired) electrons. The van der Waals surface area contributed by atoms with Crippen molar-refractivity contribution in [3.05, 3.63) is 222 Å². The van der Waals surface area contributed by atoms with Crippen molar-refractivity contribution in [1.29, 1.82) is 5.26 Å². The molecular weight excluding hydrogens is 789 g/mol. The van der Waals surface area contributed by atoms with Crippen molar-refractivity contribution in [2.45, 2.75) is 0 Å². The molecule has 0 N–H and O–H groups in total. The highest BCUT2D eigenvalue weighted by atomic mass is 16.2. The largest absolute Gasteiger partial charge is 0.361 e. The number of anilines is 1. The molecule has 2 amide bonds. The van der Waals surface area contributed by atoms with Crippen molar-refractivity contribution in [2.75, 3.05) is 4.90 Å². The topological polar surface area (TPSA) is 96.2 Å². The van der Waals surface area contributed by atoms with Gasteiger partial charge in [-0.2, -0.15) is 5.26 Å². The lowest BCUT2D eigenvalue weighted by atomic mass is 9.90. The van der Waals surface area contributed by atoms with Crippen molar-refractivity contribution in [2.24, 2.45) is 0 Å². The standard InChI is InChI=1S/C56H32N6O2/c1-58-52-25-13-23-48(60-52)39-27-29-50-46(31-39)45-30-38(47-22-11-20-41(34-57)59-47)26-28-49(45)61(50)51-24-12-21-42-53(51)56(64)62(55(42)63)54-43(36-16-7-3-8-17-36)32-40(35-14-5-2-6-15-35)33-44(54)37-18-9-4-10-19-37/h2-33H. The Morgan fingerprint density at radius 3 is 1.61 bits per heavy atom. The highest BCUT2D eigenvalue weighted by molar-refractivity contribution is 6.37. The van der Waals surface area contributed by atoms with Crippen LogP contribution < -0.4 is 4.90 Å². The van der Waals surface area contributed by atoms with Gasteiger partial charge in [-0.3, -0.25) is 9.59 Å². The van der Waals surface area contributed by atoms with Gasteiger partial charge in [-0.25, -0.2) is 9.88 Å². The molecule has 0 bridgehead atoms. The fraction of sp³-hybridized carbons (Fsp3) is 0. The third-order valence-corrected chi connectivity index (χ3v) is 11.8. The lowest BCUT2D eigenvalue weighted by molar-refractivity contribution is 0.0926. The van der Waals surface area contributed by atoms with Gasteiger partial charge in [-0.05, 0) is 101 Å². The summed E-state index contributed by atoms with van der Waals surface area (Å²) in [5.74, 6) is -0.555. The fourth-order valence-electron chi connectivity index (χ4n) is 8.91. The Morgan fingerprint density at radius 1 is 0.484 bits per heavy atom. The average molecular weight is 821 g/mol. The van der Waals surface area contributed by atoms with Crippen LogP contribution >= 0.6 is 0 Å². The molecule has 8 heteroatoms. The fourth-order valence-corrected chi connectivity index (χ4v) is 8.91. The molecule has 4 heterocycles. The van der Waals surface area contributed by atoms with E-state index in [1.54, 1.807) is 18.2 Å². The first kappa shape index (κ1) is 37.7. The molecule has 0 saturated carbocycles. The third kappa shape index (κ3) is 6.22. The van der Waals surface area contributed by atoms with E-state index < -0.39 is 11.8 Å². The second-order valence-corrected chi connectivity index (χ2v) is 15.5. The second-order valence-electron chi connectivity index (χ2n) is 15.5. The number of carbonyl (C=O) groups excluding carboxylic acids is 2. The number of hydrogen-bond donors (Lipinski definition) is 0. The molecule has 1 aliphatic heterocycles. The molecule has 10 aromatic rings. The summed E-state index contributed by atoms with van der Waals surface area (Å²) in [5, 5.41) is 11.4. The van der Waals surface area contributed by atoms with Crippen LogP contribution in [0.25, 0.3) is 88.2 Å². The van der Waals surface area contributed by atoms with Gasteiger partial charge < -0.3 is 9.41 Å². The Hall–Kier alpha value is -9.24. The lowest BCUT2D eigenvalue weighted by Crippen LogP contribution is -2.30. The maximum absolute atomic E-state index is 15.5. The molecule has 7 aromatic carbocycles. The molecule has 8 nitrogen and oxygen atoms in total. The van der Waals surface area contributed by atoms with Gasteiger partial charge in [0.15, 0.2) is 5.69 Å². The van der Waals surface area contributed by atoms with Crippen LogP contribution in [0.3, 0.4) is 0 Å². The third-order valence-electron chi connectivity index (χ3n) is 11.8. The van der Waals surface area contributed by atoms with E-state index >= 15 is 9.59 Å². The van der Waals surface area contributed by atoms with E-state index in [0.717, 1.165) is 66.3 Å². The molecule has 0 fully saturated rings. The van der Waals surface area contributed by atoms with Crippen LogP contribution in [0.1, 0.15) is 26.4 Å². The molecule has 298 valence electrons. The molecular formula is C56H32N6O2. The van der Waals surface area contributed by atoms with Crippen molar-refractivity contribution in [1.82, 2.24) is 14.5 Å². The van der Waals surface area contributed by atoms with Crippen LogP contribution in [0.5, 0.6) is 0 Å². The Labute approximate surface area is 368 Å². The van der Waals surface area contributed by atoms with Crippen molar-refractivity contribution in [3.8, 4) is 67.7 Å². The van der Waals surface area contributed by atoms with E-state index in [9.17, 15) is 5.26 Å². The number of aromatic nitrogens is 3. The van der Waals surface area contributed by atoms with Crippen LogP contribution in [0.15, 0.2) is 194 Å². The van der Waals surface area contributed by atoms with Crippen LogP contribution in [-0.2, 0) is 0 Å². The predicted molar refractivity (Wildman–Crippen MR) is 252 cm³/mol. The molecule has 1 aliphatic rings. The summed E-state index contributed by atoms with van der Waals surface area (Å²) in [5.41, 5.74) is 11.6. The van der Waals surface area contributed by atoms with Crippen LogP contribution in [0.2, 0.25) is 0 Å². The van der Waals surface area contributed by atoms with Crippen molar-refractivity contribution >= 4 is 45.1 Å². The van der Waals surface area contributed by atoms with Gasteiger partial charge >= 0.3 is 0 Å². The quantitative estimate of drug-likeness (QED) is 0.118. The first-order valence-corrected chi connectivity index (χ1v) is 20.7. The van der Waals surface area contributed by atoms with Gasteiger partial charge in [0, 0.05) is 33.0 Å². The minimum atomic E-state index is -0.432. The normalized spacial score (nSPS) is 12.1. The summed E-state index contributed by atoms with van der Waals surface area (Å²) >= 11 is 0. The average Bonchev–Trinajstić information content (AvgIpc) is 3.83. The minimum Gasteiger partial charge on any atom is -0.361 e. The number of fused-ring (bicyclic) bond motifs is 4. The van der Waals surface area contributed by atoms with Gasteiger partial charge in [0.05, 0.1) is 39.2 Å². The number of rotatable bonds is 7. The molecule has 64 heavy (non-hydrogen) atoms. The van der Waals surface area contributed by atoms with E-state index in [1.165, 1.54) is 4.90 Å². The lowest BCUT2D eigenvalue weighted by Gasteiger charge is -2.24. The van der Waals surface area contributed by atoms with Crippen LogP contribution in [-0.4, -0.2) is 26.3 Å². The van der Waals surface area contributed by atoms with E-state index in [1.807, 2.05) is 156 Å². The molecule has 3 aromatic heterocycles. The Bertz CT molecular complexity index is 3450. The van der Waals surface area contributed by atoms with E-state index in [-0.39, 0.29) is 0 Å². The van der Waals surface area contributed by atoms with Gasteiger partial charge in [0.1, 0.15) is 11.8 Å². The highest BCUT2D eigenvalue weighted by Gasteiger charge is 2.42. The Kier molecular flexibility index (Phi) is 9.05. The summed E-state index contributed by atoms with van der Waals surface area (Å²) in [6, 6.07) is 64.3. The Morgan fingerprint density at radius 2 is 1.03 bits per heavy atom. The molecule has 11 rings (SSSR count). The summed E-state index contributed by atoms with van der Waals surface area (Å²) in [6.45, 7) is 7.57. The molecule has 0 spiro atoms. The second kappa shape index (κ2) is 15.3. The maximum atomic E-state index is 15.5. The SMILES string of the molecule is [C-]#[N+]c1cccc(-c2ccc3c(c2)c2cc(-c4cccc(C#N)n4)ccc2n3-c2cccc3c2C(=O)N(c2c(-c4ccccc4)cc(-c4ccccc4)cc2-c2ccccc2)C3=O)n1. The number of carbonyl (C=O) groups is 2. The van der Waals surface area contributed by atoms with E-state index in [2.05, 4.69) is 45.1 Å². The van der Waals surface area contributed by atoms with Gasteiger partial charge in [0.25, 0.3) is 17.6 Å². The van der Waals surface area contributed by atoms with Crippen LogP contribution in [0, 0.1) is 17.9 Å². The van der Waals surface area contributed by atoms with Crippen molar-refractivity contribution < 1.29 is 9.59 Å². The summed E-state index contributed by atoms with van der Waals surface area (Å²) < 4.78 is 2.04. The Balaban J connectivity index is 1.14. The smallest absolute Gasteiger partial charge is 0.270 e. The number of hydrogen-bond acceptors (Lipinski definition) is 5. The van der Waals surface area contributed by atoms with E-state index in [4.69, 9.17) is 6.57 Å². The summed E-state index contributed by atoms with van der Waals surface area (Å²) in [4.78, 5) is 44.8. The number of nitriles is 1. The zero-order valence-corrected chi connectivity index (χ0v) is 34.0. The first-order chi connectivity index (χ1) is 31.5. The van der Waals surface area contributed by atoms with Crippen LogP contribution in [0.4, 0.5) is 11.5 Å². The minimum absolute atomic E-state index is 0.291. The zero-order valence-electron chi connectivity index (χ0n) is 34.0. The molecule has 0 aliphatic carbocycles. The molecule has 0 unspecified atom stereocenters. The highest BCUT2D eigenvalue weighted by Crippen LogP contribution is 2.47. The number of imide groups is 1.